The smallest absolute Gasteiger partial charge is 0.189 e. The Morgan fingerprint density at radius 2 is 1.88 bits per heavy atom. The van der Waals surface area contributed by atoms with Gasteiger partial charge in [0.25, 0.3) is 0 Å². The zero-order valence-corrected chi connectivity index (χ0v) is 13.7. The van der Waals surface area contributed by atoms with Crippen LogP contribution in [0.2, 0.25) is 0 Å². The fourth-order valence-corrected chi connectivity index (χ4v) is 2.65. The Kier molecular flexibility index (Phi) is 4.18. The minimum absolute atomic E-state index is 0.112. The van der Waals surface area contributed by atoms with Gasteiger partial charge in [-0.2, -0.15) is 15.3 Å². The molecule has 0 saturated carbocycles. The largest absolute Gasteiger partial charge is 0.292 e. The van der Waals surface area contributed by atoms with Crippen LogP contribution in [0.15, 0.2) is 60.9 Å². The molecule has 26 heavy (non-hydrogen) atoms. The molecule has 0 aliphatic rings. The summed E-state index contributed by atoms with van der Waals surface area (Å²) in [5.41, 5.74) is 3.13. The number of imidazole rings is 1. The Labute approximate surface area is 148 Å². The molecule has 128 valence electrons. The molecule has 1 aromatic carbocycles. The predicted octanol–water partition coefficient (Wildman–Crippen LogP) is 2.67. The van der Waals surface area contributed by atoms with Crippen LogP contribution in [0.25, 0.3) is 5.65 Å². The van der Waals surface area contributed by atoms with Crippen LogP contribution in [0.1, 0.15) is 27.4 Å². The number of fused-ring (bicyclic) bond motifs is 1. The second kappa shape index (κ2) is 6.79. The van der Waals surface area contributed by atoms with Crippen molar-refractivity contribution in [3.05, 3.63) is 89.4 Å². The fraction of sp³-hybridized carbons (Fsp3) is 0.105. The van der Waals surface area contributed by atoms with E-state index in [9.17, 15) is 9.18 Å². The maximum Gasteiger partial charge on any atom is 0.189 e. The highest BCUT2D eigenvalue weighted by atomic mass is 19.1. The summed E-state index contributed by atoms with van der Waals surface area (Å²) in [5, 5.41) is 12.5. The molecule has 0 amide bonds. The third-order valence-corrected chi connectivity index (χ3v) is 3.93. The summed E-state index contributed by atoms with van der Waals surface area (Å²) in [7, 11) is 0. The van der Waals surface area contributed by atoms with E-state index in [2.05, 4.69) is 20.3 Å². The van der Waals surface area contributed by atoms with Crippen molar-refractivity contribution in [3.63, 3.8) is 0 Å². The number of aromatic nitrogens is 5. The van der Waals surface area contributed by atoms with Gasteiger partial charge in [0.15, 0.2) is 11.4 Å². The molecule has 0 unspecified atom stereocenters. The number of benzene rings is 1. The van der Waals surface area contributed by atoms with E-state index in [0.29, 0.717) is 29.1 Å². The Morgan fingerprint density at radius 3 is 2.69 bits per heavy atom. The number of rotatable bonds is 5. The van der Waals surface area contributed by atoms with Gasteiger partial charge in [0.1, 0.15) is 11.5 Å². The highest BCUT2D eigenvalue weighted by molar-refractivity contribution is 5.95. The lowest BCUT2D eigenvalue weighted by atomic mass is 10.1. The number of halogens is 1. The number of nitrogens with zero attached hydrogens (tertiary/aromatic N) is 5. The molecule has 6 nitrogen and oxygen atoms in total. The third kappa shape index (κ3) is 3.46. The Bertz CT molecular complexity index is 1070. The van der Waals surface area contributed by atoms with Crippen molar-refractivity contribution in [1.82, 2.24) is 24.8 Å². The molecular weight excluding hydrogens is 333 g/mol. The van der Waals surface area contributed by atoms with E-state index >= 15 is 0 Å². The van der Waals surface area contributed by atoms with Gasteiger partial charge in [-0.3, -0.25) is 4.79 Å². The van der Waals surface area contributed by atoms with Crippen LogP contribution < -0.4 is 0 Å². The van der Waals surface area contributed by atoms with Crippen molar-refractivity contribution in [2.45, 2.75) is 12.8 Å². The van der Waals surface area contributed by atoms with Crippen molar-refractivity contribution in [1.29, 1.82) is 0 Å². The molecule has 0 spiro atoms. The Morgan fingerprint density at radius 1 is 1.04 bits per heavy atom. The highest BCUT2D eigenvalue weighted by Crippen LogP contribution is 2.10. The highest BCUT2D eigenvalue weighted by Gasteiger charge is 2.11. The normalized spacial score (nSPS) is 11.0. The number of hydrogen-bond donors (Lipinski definition) is 0. The summed E-state index contributed by atoms with van der Waals surface area (Å²) >= 11 is 0. The van der Waals surface area contributed by atoms with Crippen LogP contribution in [0, 0.1) is 5.82 Å². The molecule has 0 aliphatic carbocycles. The van der Waals surface area contributed by atoms with Crippen molar-refractivity contribution < 1.29 is 9.18 Å². The van der Waals surface area contributed by atoms with Gasteiger partial charge in [0, 0.05) is 18.8 Å². The lowest BCUT2D eigenvalue weighted by Crippen LogP contribution is -2.10. The zero-order valence-electron chi connectivity index (χ0n) is 13.7. The van der Waals surface area contributed by atoms with Gasteiger partial charge in [-0.15, -0.1) is 0 Å². The van der Waals surface area contributed by atoms with E-state index in [-0.39, 0.29) is 18.0 Å². The summed E-state index contributed by atoms with van der Waals surface area (Å²) in [6, 6.07) is 13.3. The van der Waals surface area contributed by atoms with Crippen molar-refractivity contribution >= 4 is 11.4 Å². The average Bonchev–Trinajstić information content (AvgIpc) is 3.11. The predicted molar refractivity (Wildman–Crippen MR) is 92.3 cm³/mol. The first-order valence-corrected chi connectivity index (χ1v) is 8.07. The van der Waals surface area contributed by atoms with Gasteiger partial charge in [-0.1, -0.05) is 12.1 Å². The van der Waals surface area contributed by atoms with Gasteiger partial charge in [0.05, 0.1) is 17.8 Å². The molecule has 0 aliphatic heterocycles. The monoisotopic (exact) mass is 347 g/mol. The number of ketones is 1. The fourth-order valence-electron chi connectivity index (χ4n) is 2.65. The van der Waals surface area contributed by atoms with E-state index in [1.165, 1.54) is 12.1 Å². The minimum atomic E-state index is -0.278. The van der Waals surface area contributed by atoms with E-state index in [4.69, 9.17) is 0 Å². The molecule has 0 fully saturated rings. The first-order valence-electron chi connectivity index (χ1n) is 8.07. The lowest BCUT2D eigenvalue weighted by Gasteiger charge is -2.03. The molecule has 3 heterocycles. The molecule has 0 saturated heterocycles. The number of Topliss-reactive ketones (excluding diaryl/α,β-unsaturated/α-hetero) is 1. The van der Waals surface area contributed by atoms with Crippen LogP contribution in [0.4, 0.5) is 4.39 Å². The van der Waals surface area contributed by atoms with Crippen LogP contribution in [-0.4, -0.2) is 30.6 Å². The molecule has 4 aromatic rings. The standard InChI is InChI=1S/C19H14FN5O/c20-14-3-1-2-13(10-14)11-15-4-5-16(23-22-15)12-18(26)17-6-7-19-21-8-9-25(19)24-17/h1-10H,11-12H2. The molecule has 0 atom stereocenters. The summed E-state index contributed by atoms with van der Waals surface area (Å²) in [4.78, 5) is 16.5. The molecule has 0 N–H and O–H groups in total. The topological polar surface area (TPSA) is 73.0 Å². The molecule has 4 rings (SSSR count). The number of carbonyl (C=O) groups excluding carboxylic acids is 1. The number of carbonyl (C=O) groups is 1. The molecule has 7 heteroatoms. The lowest BCUT2D eigenvalue weighted by molar-refractivity contribution is 0.0985. The first kappa shape index (κ1) is 16.0. The van der Waals surface area contributed by atoms with Gasteiger partial charge < -0.3 is 0 Å². The van der Waals surface area contributed by atoms with E-state index in [0.717, 1.165) is 5.56 Å². The van der Waals surface area contributed by atoms with Crippen LogP contribution in [0.3, 0.4) is 0 Å². The molecular formula is C19H14FN5O. The zero-order chi connectivity index (χ0) is 17.9. The summed E-state index contributed by atoms with van der Waals surface area (Å²) in [6.45, 7) is 0. The SMILES string of the molecule is O=C(Cc1ccc(Cc2cccc(F)c2)nn1)c1ccc2nccn2n1. The second-order valence-corrected chi connectivity index (χ2v) is 5.87. The molecule has 0 bridgehead atoms. The van der Waals surface area contributed by atoms with Crippen molar-refractivity contribution in [2.75, 3.05) is 0 Å². The maximum atomic E-state index is 13.2. The molecule has 3 aromatic heterocycles. The van der Waals surface area contributed by atoms with Crippen LogP contribution >= 0.6 is 0 Å². The van der Waals surface area contributed by atoms with Crippen LogP contribution in [0.5, 0.6) is 0 Å². The summed E-state index contributed by atoms with van der Waals surface area (Å²) in [6.07, 6.45) is 3.91. The van der Waals surface area contributed by atoms with Gasteiger partial charge >= 0.3 is 0 Å². The molecule has 0 radical (unpaired) electrons. The van der Waals surface area contributed by atoms with Crippen molar-refractivity contribution in [3.8, 4) is 0 Å². The van der Waals surface area contributed by atoms with Crippen LogP contribution in [-0.2, 0) is 12.8 Å². The first-order chi connectivity index (χ1) is 12.7. The summed E-state index contributed by atoms with van der Waals surface area (Å²) < 4.78 is 14.8. The maximum absolute atomic E-state index is 13.2. The van der Waals surface area contributed by atoms with Crippen molar-refractivity contribution in [2.24, 2.45) is 0 Å². The average molecular weight is 347 g/mol. The van der Waals surface area contributed by atoms with Gasteiger partial charge in [0.2, 0.25) is 0 Å². The third-order valence-electron chi connectivity index (χ3n) is 3.93. The Hall–Kier alpha value is -3.48. The second-order valence-electron chi connectivity index (χ2n) is 5.87. The Balaban J connectivity index is 1.45. The van der Waals surface area contributed by atoms with Gasteiger partial charge in [-0.25, -0.2) is 13.9 Å². The number of hydrogen-bond acceptors (Lipinski definition) is 5. The minimum Gasteiger partial charge on any atom is -0.292 e. The van der Waals surface area contributed by atoms with Gasteiger partial charge in [-0.05, 0) is 42.0 Å². The quantitative estimate of drug-likeness (QED) is 0.519. The van der Waals surface area contributed by atoms with E-state index < -0.39 is 0 Å². The summed E-state index contributed by atoms with van der Waals surface area (Å²) in [5.74, 6) is -0.423. The van der Waals surface area contributed by atoms with E-state index in [1.807, 2.05) is 6.07 Å². The van der Waals surface area contributed by atoms with E-state index in [1.54, 1.807) is 47.2 Å².